The summed E-state index contributed by atoms with van der Waals surface area (Å²) < 4.78 is 0. The van der Waals surface area contributed by atoms with E-state index < -0.39 is 0 Å². The molecule has 1 saturated heterocycles. The number of benzene rings is 1. The summed E-state index contributed by atoms with van der Waals surface area (Å²) >= 11 is 0. The number of likely N-dealkylation sites (tertiary alicyclic amines) is 1. The Bertz CT molecular complexity index is 726. The van der Waals surface area contributed by atoms with E-state index >= 15 is 0 Å². The molecule has 2 fully saturated rings. The molecule has 1 aliphatic carbocycles. The molecule has 4 nitrogen and oxygen atoms in total. The Balaban J connectivity index is 1.25. The zero-order chi connectivity index (χ0) is 17.9. The number of nitrogens with zero attached hydrogens (tertiary/aromatic N) is 2. The van der Waals surface area contributed by atoms with E-state index in [-0.39, 0.29) is 11.8 Å². The van der Waals surface area contributed by atoms with Crippen LogP contribution in [0.1, 0.15) is 49.3 Å². The van der Waals surface area contributed by atoms with Crippen molar-refractivity contribution >= 4 is 5.91 Å². The molecule has 26 heavy (non-hydrogen) atoms. The first-order valence-electron chi connectivity index (χ1n) is 9.71. The lowest BCUT2D eigenvalue weighted by Crippen LogP contribution is -2.45. The van der Waals surface area contributed by atoms with E-state index in [9.17, 15) is 4.79 Å². The van der Waals surface area contributed by atoms with Crippen molar-refractivity contribution in [1.82, 2.24) is 15.2 Å². The summed E-state index contributed by atoms with van der Waals surface area (Å²) in [5, 5.41) is 3.29. The second-order valence-corrected chi connectivity index (χ2v) is 7.64. The second-order valence-electron chi connectivity index (χ2n) is 7.64. The van der Waals surface area contributed by atoms with Gasteiger partial charge in [0.1, 0.15) is 0 Å². The van der Waals surface area contributed by atoms with Crippen LogP contribution >= 0.6 is 0 Å². The van der Waals surface area contributed by atoms with Crippen molar-refractivity contribution in [2.45, 2.75) is 44.2 Å². The van der Waals surface area contributed by atoms with Crippen LogP contribution in [0.15, 0.2) is 54.9 Å². The van der Waals surface area contributed by atoms with E-state index in [2.05, 4.69) is 58.5 Å². The zero-order valence-electron chi connectivity index (χ0n) is 15.3. The number of carbonyl (C=O) groups excluding carboxylic acids is 1. The average molecular weight is 349 g/mol. The van der Waals surface area contributed by atoms with Gasteiger partial charge in [-0.25, -0.2) is 0 Å². The van der Waals surface area contributed by atoms with Crippen LogP contribution in [0.5, 0.6) is 0 Å². The maximum absolute atomic E-state index is 12.5. The fourth-order valence-electron chi connectivity index (χ4n) is 4.13. The van der Waals surface area contributed by atoms with Crippen LogP contribution in [0.2, 0.25) is 0 Å². The van der Waals surface area contributed by atoms with Crippen LogP contribution in [0.3, 0.4) is 0 Å². The number of pyridine rings is 1. The molecule has 4 heteroatoms. The molecule has 2 aliphatic rings. The number of aromatic nitrogens is 1. The molecule has 0 radical (unpaired) electrons. The average Bonchev–Trinajstić information content (AvgIpc) is 3.50. The number of piperidine rings is 1. The Morgan fingerprint density at radius 2 is 1.92 bits per heavy atom. The minimum atomic E-state index is 0.139. The van der Waals surface area contributed by atoms with Gasteiger partial charge in [-0.1, -0.05) is 36.4 Å². The second kappa shape index (κ2) is 7.58. The summed E-state index contributed by atoms with van der Waals surface area (Å²) in [6.45, 7) is 4.35. The predicted octanol–water partition coefficient (Wildman–Crippen LogP) is 3.53. The molecule has 2 aromatic rings. The molecular weight excluding hydrogens is 322 g/mol. The minimum Gasteiger partial charge on any atom is -0.353 e. The predicted molar refractivity (Wildman–Crippen MR) is 103 cm³/mol. The molecule has 0 bridgehead atoms. The van der Waals surface area contributed by atoms with E-state index in [4.69, 9.17) is 0 Å². The Morgan fingerprint density at radius 3 is 2.62 bits per heavy atom. The van der Waals surface area contributed by atoms with Gasteiger partial charge in [-0.2, -0.15) is 0 Å². The standard InChI is InChI=1S/C22H27N3O/c1-16(17-6-3-2-4-7-17)25-12-9-19(10-13-25)24-22(26)21-14-20(21)18-8-5-11-23-15-18/h2-8,11,15-16,19-21H,9-10,12-14H2,1H3,(H,24,26)/t16-,20+,21+/m1/s1. The zero-order valence-corrected chi connectivity index (χ0v) is 15.3. The molecule has 1 N–H and O–H groups in total. The van der Waals surface area contributed by atoms with Crippen LogP contribution in [0.25, 0.3) is 0 Å². The number of carbonyl (C=O) groups is 1. The van der Waals surface area contributed by atoms with Crippen molar-refractivity contribution in [2.75, 3.05) is 13.1 Å². The highest BCUT2D eigenvalue weighted by Gasteiger charge is 2.44. The Kier molecular flexibility index (Phi) is 5.02. The summed E-state index contributed by atoms with van der Waals surface area (Å²) in [4.78, 5) is 19.2. The van der Waals surface area contributed by atoms with Gasteiger partial charge < -0.3 is 5.32 Å². The van der Waals surface area contributed by atoms with Gasteiger partial charge in [0, 0.05) is 43.5 Å². The van der Waals surface area contributed by atoms with Gasteiger partial charge in [0.15, 0.2) is 0 Å². The summed E-state index contributed by atoms with van der Waals surface area (Å²) in [6.07, 6.45) is 6.70. The van der Waals surface area contributed by atoms with E-state index in [1.54, 1.807) is 6.20 Å². The molecule has 0 unspecified atom stereocenters. The molecule has 136 valence electrons. The maximum atomic E-state index is 12.5. The summed E-state index contributed by atoms with van der Waals surface area (Å²) in [5.41, 5.74) is 2.56. The SMILES string of the molecule is C[C@H](c1ccccc1)N1CCC(NC(=O)[C@H]2C[C@H]2c2cccnc2)CC1. The lowest BCUT2D eigenvalue weighted by molar-refractivity contribution is -0.123. The molecule has 3 atom stereocenters. The molecule has 1 aliphatic heterocycles. The first kappa shape index (κ1) is 17.2. The normalized spacial score (nSPS) is 24.8. The van der Waals surface area contributed by atoms with Gasteiger partial charge in [0.05, 0.1) is 0 Å². The number of hydrogen-bond acceptors (Lipinski definition) is 3. The van der Waals surface area contributed by atoms with Gasteiger partial charge in [-0.3, -0.25) is 14.7 Å². The van der Waals surface area contributed by atoms with Crippen molar-refractivity contribution < 1.29 is 4.79 Å². The van der Waals surface area contributed by atoms with Crippen LogP contribution in [0.4, 0.5) is 0 Å². The maximum Gasteiger partial charge on any atom is 0.223 e. The van der Waals surface area contributed by atoms with E-state index in [0.717, 1.165) is 32.4 Å². The molecular formula is C22H27N3O. The highest BCUT2D eigenvalue weighted by Crippen LogP contribution is 2.47. The van der Waals surface area contributed by atoms with Gasteiger partial charge in [-0.05, 0) is 49.3 Å². The fourth-order valence-corrected chi connectivity index (χ4v) is 4.13. The number of hydrogen-bond donors (Lipinski definition) is 1. The third-order valence-electron chi connectivity index (χ3n) is 5.95. The number of rotatable bonds is 5. The summed E-state index contributed by atoms with van der Waals surface area (Å²) in [5.74, 6) is 0.732. The highest BCUT2D eigenvalue weighted by molar-refractivity contribution is 5.83. The fraction of sp³-hybridized carbons (Fsp3) is 0.455. The lowest BCUT2D eigenvalue weighted by atomic mass is 10.00. The first-order valence-corrected chi connectivity index (χ1v) is 9.71. The quantitative estimate of drug-likeness (QED) is 0.898. The Hall–Kier alpha value is -2.20. The highest BCUT2D eigenvalue weighted by atomic mass is 16.2. The first-order chi connectivity index (χ1) is 12.7. The van der Waals surface area contributed by atoms with Gasteiger partial charge in [0.2, 0.25) is 5.91 Å². The minimum absolute atomic E-state index is 0.139. The lowest BCUT2D eigenvalue weighted by Gasteiger charge is -2.36. The van der Waals surface area contributed by atoms with Crippen molar-refractivity contribution in [3.8, 4) is 0 Å². The molecule has 0 spiro atoms. The van der Waals surface area contributed by atoms with Crippen LogP contribution in [0, 0.1) is 5.92 Å². The topological polar surface area (TPSA) is 45.2 Å². The molecule has 1 saturated carbocycles. The van der Waals surface area contributed by atoms with E-state index in [1.165, 1.54) is 11.1 Å². The summed E-state index contributed by atoms with van der Waals surface area (Å²) in [6, 6.07) is 15.5. The number of nitrogens with one attached hydrogen (secondary N) is 1. The third-order valence-corrected chi connectivity index (χ3v) is 5.95. The van der Waals surface area contributed by atoms with Crippen LogP contribution < -0.4 is 5.32 Å². The molecule has 1 amide bonds. The van der Waals surface area contributed by atoms with Crippen molar-refractivity contribution in [3.63, 3.8) is 0 Å². The van der Waals surface area contributed by atoms with E-state index in [0.29, 0.717) is 18.0 Å². The molecule has 1 aromatic carbocycles. The largest absolute Gasteiger partial charge is 0.353 e. The van der Waals surface area contributed by atoms with Crippen molar-refractivity contribution in [3.05, 3.63) is 66.0 Å². The molecule has 1 aromatic heterocycles. The number of amides is 1. The monoisotopic (exact) mass is 349 g/mol. The van der Waals surface area contributed by atoms with Gasteiger partial charge >= 0.3 is 0 Å². The van der Waals surface area contributed by atoms with Crippen molar-refractivity contribution in [2.24, 2.45) is 5.92 Å². The third kappa shape index (κ3) is 3.80. The Labute approximate surface area is 155 Å². The van der Waals surface area contributed by atoms with Gasteiger partial charge in [-0.15, -0.1) is 0 Å². The Morgan fingerprint density at radius 1 is 1.15 bits per heavy atom. The molecule has 4 rings (SSSR count). The van der Waals surface area contributed by atoms with Gasteiger partial charge in [0.25, 0.3) is 0 Å². The summed E-state index contributed by atoms with van der Waals surface area (Å²) in [7, 11) is 0. The van der Waals surface area contributed by atoms with E-state index in [1.807, 2.05) is 12.3 Å². The molecule has 2 heterocycles. The smallest absolute Gasteiger partial charge is 0.223 e. The van der Waals surface area contributed by atoms with Crippen LogP contribution in [-0.4, -0.2) is 34.9 Å². The van der Waals surface area contributed by atoms with Crippen molar-refractivity contribution in [1.29, 1.82) is 0 Å². The van der Waals surface area contributed by atoms with Crippen LogP contribution in [-0.2, 0) is 4.79 Å².